The lowest BCUT2D eigenvalue weighted by atomic mass is 9.99. The number of halogens is 1. The van der Waals surface area contributed by atoms with Crippen LogP contribution >= 0.6 is 0 Å². The summed E-state index contributed by atoms with van der Waals surface area (Å²) in [5.74, 6) is -0.556. The zero-order chi connectivity index (χ0) is 30.6. The van der Waals surface area contributed by atoms with Crippen molar-refractivity contribution < 1.29 is 28.2 Å². The number of ether oxygens (including phenoxy) is 3. The Hall–Kier alpha value is -4.63. The Morgan fingerprint density at radius 2 is 1.79 bits per heavy atom. The number of hydrogen-bond acceptors (Lipinski definition) is 6. The Labute approximate surface area is 251 Å². The molecule has 1 aliphatic heterocycles. The number of amides is 2. The highest BCUT2D eigenvalue weighted by atomic mass is 19.1. The first kappa shape index (κ1) is 31.3. The lowest BCUT2D eigenvalue weighted by Gasteiger charge is -2.23. The molecule has 0 spiro atoms. The van der Waals surface area contributed by atoms with Gasteiger partial charge in [0.15, 0.2) is 23.1 Å². The number of piperidine rings is 1. The van der Waals surface area contributed by atoms with Gasteiger partial charge >= 0.3 is 11.8 Å². The molecule has 0 bridgehead atoms. The SMILES string of the molecule is C=c1cc(OCC2CCNCC2)c(OC)c/c1=C(/C=C\C)Oc1ccc(NC(=O)C(=O)NCCc2ccccc2)cc1F. The van der Waals surface area contributed by atoms with Crippen molar-refractivity contribution in [1.82, 2.24) is 10.6 Å². The van der Waals surface area contributed by atoms with Gasteiger partial charge in [0.05, 0.1) is 13.7 Å². The van der Waals surface area contributed by atoms with Crippen LogP contribution in [0, 0.1) is 11.7 Å². The number of carbonyl (C=O) groups excluding carboxylic acids is 2. The van der Waals surface area contributed by atoms with Crippen molar-refractivity contribution in [2.45, 2.75) is 26.2 Å². The Morgan fingerprint density at radius 1 is 1.02 bits per heavy atom. The molecule has 0 atom stereocenters. The van der Waals surface area contributed by atoms with E-state index in [4.69, 9.17) is 14.2 Å². The molecular weight excluding hydrogens is 549 g/mol. The lowest BCUT2D eigenvalue weighted by molar-refractivity contribution is -0.136. The second-order valence-corrected chi connectivity index (χ2v) is 10.2. The first-order valence-electron chi connectivity index (χ1n) is 14.4. The molecule has 4 rings (SSSR count). The Balaban J connectivity index is 1.44. The molecule has 9 heteroatoms. The van der Waals surface area contributed by atoms with E-state index in [2.05, 4.69) is 22.5 Å². The molecule has 0 unspecified atom stereocenters. The predicted octanol–water partition coefficient (Wildman–Crippen LogP) is 3.68. The fourth-order valence-corrected chi connectivity index (χ4v) is 4.70. The van der Waals surface area contributed by atoms with Crippen LogP contribution in [0.15, 0.2) is 72.8 Å². The van der Waals surface area contributed by atoms with Gasteiger partial charge in [-0.2, -0.15) is 0 Å². The largest absolute Gasteiger partial charge is 0.493 e. The quantitative estimate of drug-likeness (QED) is 0.296. The number of carbonyl (C=O) groups is 2. The van der Waals surface area contributed by atoms with Gasteiger partial charge in [0.25, 0.3) is 0 Å². The van der Waals surface area contributed by atoms with E-state index >= 15 is 4.39 Å². The molecule has 3 N–H and O–H groups in total. The van der Waals surface area contributed by atoms with Gasteiger partial charge in [-0.15, -0.1) is 0 Å². The smallest absolute Gasteiger partial charge is 0.313 e. The number of hydrogen-bond donors (Lipinski definition) is 3. The van der Waals surface area contributed by atoms with Gasteiger partial charge in [-0.05, 0) is 86.3 Å². The van der Waals surface area contributed by atoms with Crippen molar-refractivity contribution in [3.63, 3.8) is 0 Å². The summed E-state index contributed by atoms with van der Waals surface area (Å²) in [4.78, 5) is 24.6. The van der Waals surface area contributed by atoms with Gasteiger partial charge in [-0.1, -0.05) is 43.0 Å². The second-order valence-electron chi connectivity index (χ2n) is 10.2. The average Bonchev–Trinajstić information content (AvgIpc) is 3.02. The standard InChI is InChI=1S/C34H38FN3O5/c1-4-8-29(27-21-31(41-3)32(19-23(27)2)42-22-25-13-16-36-17-14-25)43-30-12-11-26(20-28(30)35)38-34(40)33(39)37-18-15-24-9-6-5-7-10-24/h4-12,19-21,25,36H,2,13-18,22H2,1,3H3,(H,37,39)(H,38,40)/b8-4-,29-27+. The highest BCUT2D eigenvalue weighted by molar-refractivity contribution is 6.39. The lowest BCUT2D eigenvalue weighted by Crippen LogP contribution is -2.36. The molecule has 3 aromatic carbocycles. The maximum atomic E-state index is 15.1. The summed E-state index contributed by atoms with van der Waals surface area (Å²) in [5.41, 5.74) is 1.16. The molecule has 2 amide bonds. The summed E-state index contributed by atoms with van der Waals surface area (Å²) in [7, 11) is 1.56. The highest BCUT2D eigenvalue weighted by Crippen LogP contribution is 2.26. The minimum Gasteiger partial charge on any atom is -0.493 e. The van der Waals surface area contributed by atoms with Crippen LogP contribution in [0.25, 0.3) is 12.3 Å². The van der Waals surface area contributed by atoms with E-state index in [0.29, 0.717) is 53.2 Å². The molecule has 226 valence electrons. The average molecular weight is 588 g/mol. The zero-order valence-electron chi connectivity index (χ0n) is 24.6. The number of benzene rings is 3. The third-order valence-corrected chi connectivity index (χ3v) is 7.06. The molecular formula is C34H38FN3O5. The number of rotatable bonds is 11. The van der Waals surface area contributed by atoms with E-state index in [-0.39, 0.29) is 11.4 Å². The van der Waals surface area contributed by atoms with Crippen LogP contribution in [-0.2, 0) is 16.0 Å². The van der Waals surface area contributed by atoms with Crippen LogP contribution in [0.2, 0.25) is 0 Å². The summed E-state index contributed by atoms with van der Waals surface area (Å²) < 4.78 is 32.8. The van der Waals surface area contributed by atoms with Gasteiger partial charge in [0, 0.05) is 23.5 Å². The monoisotopic (exact) mass is 587 g/mol. The predicted molar refractivity (Wildman–Crippen MR) is 166 cm³/mol. The van der Waals surface area contributed by atoms with Crippen molar-refractivity contribution >= 4 is 29.8 Å². The zero-order valence-corrected chi connectivity index (χ0v) is 24.6. The molecule has 8 nitrogen and oxygen atoms in total. The van der Waals surface area contributed by atoms with Crippen molar-refractivity contribution in [1.29, 1.82) is 0 Å². The topological polar surface area (TPSA) is 97.9 Å². The fourth-order valence-electron chi connectivity index (χ4n) is 4.70. The summed E-state index contributed by atoms with van der Waals surface area (Å²) in [6.45, 7) is 8.83. The molecule has 1 aliphatic rings. The van der Waals surface area contributed by atoms with Gasteiger partial charge in [0.2, 0.25) is 0 Å². The van der Waals surface area contributed by atoms with Crippen LogP contribution < -0.4 is 40.6 Å². The molecule has 0 aromatic heterocycles. The Kier molecular flexibility index (Phi) is 11.3. The minimum absolute atomic E-state index is 0.0667. The first-order valence-corrected chi connectivity index (χ1v) is 14.4. The van der Waals surface area contributed by atoms with Crippen LogP contribution in [0.3, 0.4) is 0 Å². The summed E-state index contributed by atoms with van der Waals surface area (Å²) in [5, 5.41) is 9.57. The van der Waals surface area contributed by atoms with Gasteiger partial charge < -0.3 is 30.2 Å². The van der Waals surface area contributed by atoms with Crippen LogP contribution in [0.1, 0.15) is 25.3 Å². The van der Waals surface area contributed by atoms with Crippen LogP contribution in [0.4, 0.5) is 10.1 Å². The van der Waals surface area contributed by atoms with Crippen molar-refractivity contribution in [3.8, 4) is 17.2 Å². The van der Waals surface area contributed by atoms with Gasteiger partial charge in [0.1, 0.15) is 5.76 Å². The Bertz CT molecular complexity index is 1550. The number of nitrogens with one attached hydrogen (secondary N) is 3. The molecule has 1 saturated heterocycles. The molecule has 0 aliphatic carbocycles. The molecule has 3 aromatic rings. The van der Waals surface area contributed by atoms with E-state index in [9.17, 15) is 9.59 Å². The summed E-state index contributed by atoms with van der Waals surface area (Å²) in [6, 6.07) is 17.1. The maximum absolute atomic E-state index is 15.1. The minimum atomic E-state index is -0.890. The highest BCUT2D eigenvalue weighted by Gasteiger charge is 2.17. The van der Waals surface area contributed by atoms with Crippen molar-refractivity contribution in [2.75, 3.05) is 38.7 Å². The van der Waals surface area contributed by atoms with Gasteiger partial charge in [-0.25, -0.2) is 4.39 Å². The van der Waals surface area contributed by atoms with E-state index in [0.717, 1.165) is 37.6 Å². The third-order valence-electron chi connectivity index (χ3n) is 7.06. The Morgan fingerprint density at radius 3 is 2.49 bits per heavy atom. The molecule has 0 saturated carbocycles. The number of allylic oxidation sites excluding steroid dienone is 1. The molecule has 1 heterocycles. The van der Waals surface area contributed by atoms with Crippen molar-refractivity contribution in [2.24, 2.45) is 5.92 Å². The second kappa shape index (κ2) is 15.6. The maximum Gasteiger partial charge on any atom is 0.313 e. The molecule has 43 heavy (non-hydrogen) atoms. The number of methoxy groups -OCH3 is 1. The number of anilines is 1. The van der Waals surface area contributed by atoms with Gasteiger partial charge in [-0.3, -0.25) is 9.59 Å². The van der Waals surface area contributed by atoms with E-state index in [1.807, 2.05) is 37.3 Å². The van der Waals surface area contributed by atoms with E-state index in [1.54, 1.807) is 31.4 Å². The summed E-state index contributed by atoms with van der Waals surface area (Å²) in [6.07, 6.45) is 6.17. The molecule has 1 fully saturated rings. The van der Waals surface area contributed by atoms with E-state index < -0.39 is 17.6 Å². The van der Waals surface area contributed by atoms with Crippen LogP contribution in [0.5, 0.6) is 17.2 Å². The van der Waals surface area contributed by atoms with Crippen molar-refractivity contribution in [3.05, 3.63) is 94.6 Å². The summed E-state index contributed by atoms with van der Waals surface area (Å²) >= 11 is 0. The first-order chi connectivity index (χ1) is 20.9. The molecule has 0 radical (unpaired) electrons. The fraction of sp³-hybridized carbons (Fsp3) is 0.294. The van der Waals surface area contributed by atoms with Crippen LogP contribution in [-0.4, -0.2) is 45.2 Å². The van der Waals surface area contributed by atoms with E-state index in [1.165, 1.54) is 12.1 Å². The third kappa shape index (κ3) is 8.93. The normalized spacial score (nSPS) is 14.2.